The zero-order chi connectivity index (χ0) is 19.9. The molecule has 3 aromatic carbocycles. The van der Waals surface area contributed by atoms with Crippen molar-refractivity contribution in [2.24, 2.45) is 0 Å². The quantitative estimate of drug-likeness (QED) is 0.612. The van der Waals surface area contributed by atoms with Crippen molar-refractivity contribution in [1.29, 1.82) is 0 Å². The Bertz CT molecular complexity index is 967. The van der Waals surface area contributed by atoms with Gasteiger partial charge in [0.05, 0.1) is 0 Å². The lowest BCUT2D eigenvalue weighted by molar-refractivity contribution is 0.0954. The van der Waals surface area contributed by atoms with E-state index in [0.717, 1.165) is 11.1 Å². The number of carbonyl (C=O) groups excluding carboxylic acids is 2. The molecule has 0 fully saturated rings. The van der Waals surface area contributed by atoms with Crippen LogP contribution in [0, 0.1) is 6.92 Å². The number of phenols is 1. The first kappa shape index (κ1) is 19.2. The Morgan fingerprint density at radius 1 is 0.857 bits per heavy atom. The van der Waals surface area contributed by atoms with Gasteiger partial charge in [0.1, 0.15) is 5.75 Å². The average molecular weight is 374 g/mol. The summed E-state index contributed by atoms with van der Waals surface area (Å²) in [5, 5.41) is 15.0. The van der Waals surface area contributed by atoms with E-state index in [0.29, 0.717) is 29.8 Å². The van der Waals surface area contributed by atoms with Crippen LogP contribution in [0.3, 0.4) is 0 Å². The van der Waals surface area contributed by atoms with Gasteiger partial charge in [0, 0.05) is 23.4 Å². The van der Waals surface area contributed by atoms with Crippen molar-refractivity contribution in [1.82, 2.24) is 5.32 Å². The van der Waals surface area contributed by atoms with Gasteiger partial charge in [0.2, 0.25) is 0 Å². The molecule has 5 heteroatoms. The summed E-state index contributed by atoms with van der Waals surface area (Å²) in [5.74, 6) is -0.266. The molecule has 0 unspecified atom stereocenters. The van der Waals surface area contributed by atoms with Crippen LogP contribution in [-0.2, 0) is 6.42 Å². The van der Waals surface area contributed by atoms with Gasteiger partial charge in [-0.1, -0.05) is 30.3 Å². The predicted molar refractivity (Wildman–Crippen MR) is 110 cm³/mol. The number of hydrogen-bond acceptors (Lipinski definition) is 3. The Labute approximate surface area is 164 Å². The third-order valence-corrected chi connectivity index (χ3v) is 4.27. The smallest absolute Gasteiger partial charge is 0.255 e. The number of aromatic hydroxyl groups is 1. The summed E-state index contributed by atoms with van der Waals surface area (Å²) in [6, 6.07) is 21.2. The van der Waals surface area contributed by atoms with E-state index in [2.05, 4.69) is 10.6 Å². The molecule has 3 aromatic rings. The highest BCUT2D eigenvalue weighted by atomic mass is 16.3. The van der Waals surface area contributed by atoms with E-state index in [1.807, 2.05) is 49.4 Å². The van der Waals surface area contributed by atoms with Crippen molar-refractivity contribution < 1.29 is 14.7 Å². The molecule has 2 amide bonds. The summed E-state index contributed by atoms with van der Waals surface area (Å²) in [4.78, 5) is 25.0. The maximum Gasteiger partial charge on any atom is 0.255 e. The maximum atomic E-state index is 12.5. The molecule has 0 aliphatic heterocycles. The number of hydrogen-bond donors (Lipinski definition) is 3. The van der Waals surface area contributed by atoms with Gasteiger partial charge in [0.25, 0.3) is 11.8 Å². The minimum Gasteiger partial charge on any atom is -0.508 e. The number of rotatable bonds is 6. The van der Waals surface area contributed by atoms with E-state index in [1.165, 1.54) is 0 Å². The minimum atomic E-state index is -0.256. The topological polar surface area (TPSA) is 78.4 Å². The fourth-order valence-corrected chi connectivity index (χ4v) is 2.86. The highest BCUT2D eigenvalue weighted by Gasteiger charge is 2.12. The molecule has 5 nitrogen and oxygen atoms in total. The third-order valence-electron chi connectivity index (χ3n) is 4.27. The van der Waals surface area contributed by atoms with E-state index in [4.69, 9.17) is 0 Å². The van der Waals surface area contributed by atoms with Crippen molar-refractivity contribution in [2.75, 3.05) is 11.9 Å². The van der Waals surface area contributed by atoms with Crippen LogP contribution in [0.5, 0.6) is 5.75 Å². The van der Waals surface area contributed by atoms with Crippen LogP contribution in [0.25, 0.3) is 0 Å². The maximum absolute atomic E-state index is 12.5. The van der Waals surface area contributed by atoms with Crippen molar-refractivity contribution in [3.05, 3.63) is 95.1 Å². The molecule has 28 heavy (non-hydrogen) atoms. The van der Waals surface area contributed by atoms with Crippen LogP contribution in [0.15, 0.2) is 72.8 Å². The molecule has 0 radical (unpaired) electrons. The molecule has 142 valence electrons. The van der Waals surface area contributed by atoms with Gasteiger partial charge in [-0.25, -0.2) is 0 Å². The Morgan fingerprint density at radius 3 is 2.18 bits per heavy atom. The molecule has 0 heterocycles. The molecule has 3 N–H and O–H groups in total. The van der Waals surface area contributed by atoms with Gasteiger partial charge in [-0.05, 0) is 66.9 Å². The number of aryl methyl sites for hydroxylation is 1. The van der Waals surface area contributed by atoms with Gasteiger partial charge in [-0.15, -0.1) is 0 Å². The average Bonchev–Trinajstić information content (AvgIpc) is 2.69. The van der Waals surface area contributed by atoms with E-state index < -0.39 is 0 Å². The first-order valence-corrected chi connectivity index (χ1v) is 9.05. The Kier molecular flexibility index (Phi) is 6.07. The summed E-state index contributed by atoms with van der Waals surface area (Å²) < 4.78 is 0. The molecule has 0 atom stereocenters. The Hall–Kier alpha value is -3.60. The van der Waals surface area contributed by atoms with Crippen LogP contribution in [0.2, 0.25) is 0 Å². The van der Waals surface area contributed by atoms with Gasteiger partial charge < -0.3 is 15.7 Å². The molecule has 3 rings (SSSR count). The Morgan fingerprint density at radius 2 is 1.50 bits per heavy atom. The summed E-state index contributed by atoms with van der Waals surface area (Å²) in [5.41, 5.74) is 3.44. The van der Waals surface area contributed by atoms with Crippen LogP contribution in [-0.4, -0.2) is 23.5 Å². The molecule has 0 aliphatic carbocycles. The standard InChI is InChI=1S/C23H22N2O3/c1-16-13-18(22(27)24-12-11-17-7-9-21(26)10-8-17)15-19(14-16)23(28)25-20-5-3-2-4-6-20/h2-10,13-15,26H,11-12H2,1H3,(H,24,27)(H,25,28). The van der Waals surface area contributed by atoms with Crippen molar-refractivity contribution in [3.63, 3.8) is 0 Å². The lowest BCUT2D eigenvalue weighted by atomic mass is 10.0. The molecule has 0 saturated carbocycles. The van der Waals surface area contributed by atoms with Crippen molar-refractivity contribution in [3.8, 4) is 5.75 Å². The SMILES string of the molecule is Cc1cc(C(=O)NCCc2ccc(O)cc2)cc(C(=O)Nc2ccccc2)c1. The predicted octanol–water partition coefficient (Wildman–Crippen LogP) is 3.93. The number of nitrogens with one attached hydrogen (secondary N) is 2. The van der Waals surface area contributed by atoms with Gasteiger partial charge in [0.15, 0.2) is 0 Å². The highest BCUT2D eigenvalue weighted by molar-refractivity contribution is 6.06. The second-order valence-corrected chi connectivity index (χ2v) is 6.58. The van der Waals surface area contributed by atoms with Gasteiger partial charge in [-0.3, -0.25) is 9.59 Å². The number of para-hydroxylation sites is 1. The van der Waals surface area contributed by atoms with E-state index in [1.54, 1.807) is 30.3 Å². The zero-order valence-electron chi connectivity index (χ0n) is 15.6. The molecule has 0 saturated heterocycles. The fourth-order valence-electron chi connectivity index (χ4n) is 2.86. The first-order chi connectivity index (χ1) is 13.5. The molecular weight excluding hydrogens is 352 g/mol. The monoisotopic (exact) mass is 374 g/mol. The lowest BCUT2D eigenvalue weighted by Gasteiger charge is -2.10. The molecule has 0 aromatic heterocycles. The van der Waals surface area contributed by atoms with E-state index >= 15 is 0 Å². The highest BCUT2D eigenvalue weighted by Crippen LogP contribution is 2.14. The van der Waals surface area contributed by atoms with Crippen molar-refractivity contribution in [2.45, 2.75) is 13.3 Å². The largest absolute Gasteiger partial charge is 0.508 e. The van der Waals surface area contributed by atoms with E-state index in [9.17, 15) is 14.7 Å². The van der Waals surface area contributed by atoms with Gasteiger partial charge in [-0.2, -0.15) is 0 Å². The molecule has 0 spiro atoms. The molecular formula is C23H22N2O3. The number of benzene rings is 3. The second kappa shape index (κ2) is 8.86. The Balaban J connectivity index is 1.63. The molecule has 0 aliphatic rings. The zero-order valence-corrected chi connectivity index (χ0v) is 15.6. The van der Waals surface area contributed by atoms with Gasteiger partial charge >= 0.3 is 0 Å². The number of carbonyl (C=O) groups is 2. The number of phenolic OH excluding ortho intramolecular Hbond substituents is 1. The number of amides is 2. The number of anilines is 1. The summed E-state index contributed by atoms with van der Waals surface area (Å²) in [6.45, 7) is 2.32. The summed E-state index contributed by atoms with van der Waals surface area (Å²) in [6.07, 6.45) is 0.652. The van der Waals surface area contributed by atoms with E-state index in [-0.39, 0.29) is 17.6 Å². The van der Waals surface area contributed by atoms with Crippen LogP contribution in [0.4, 0.5) is 5.69 Å². The third kappa shape index (κ3) is 5.20. The minimum absolute atomic E-state index is 0.217. The molecule has 0 bridgehead atoms. The first-order valence-electron chi connectivity index (χ1n) is 9.05. The van der Waals surface area contributed by atoms with Crippen molar-refractivity contribution >= 4 is 17.5 Å². The van der Waals surface area contributed by atoms with Crippen LogP contribution in [0.1, 0.15) is 31.8 Å². The lowest BCUT2D eigenvalue weighted by Crippen LogP contribution is -2.26. The second-order valence-electron chi connectivity index (χ2n) is 6.58. The summed E-state index contributed by atoms with van der Waals surface area (Å²) >= 11 is 0. The summed E-state index contributed by atoms with van der Waals surface area (Å²) in [7, 11) is 0. The van der Waals surface area contributed by atoms with Crippen LogP contribution < -0.4 is 10.6 Å². The normalized spacial score (nSPS) is 10.3. The van der Waals surface area contributed by atoms with Crippen LogP contribution >= 0.6 is 0 Å². The fraction of sp³-hybridized carbons (Fsp3) is 0.130.